The summed E-state index contributed by atoms with van der Waals surface area (Å²) in [5.74, 6) is 1.42. The number of nitrogens with one attached hydrogen (secondary N) is 2. The SMILES string of the molecule is CC(C(O)c1ccccc1)N(C)CC1CC(c2ccc(CO)cc2)OC(c2ccc(-c3ccccc3CNC(=O)Nc3ccc(Oc4ccccc4)cc3)cc2)O1. The topological polar surface area (TPSA) is 113 Å². The summed E-state index contributed by atoms with van der Waals surface area (Å²) in [6.07, 6.45) is -1.05. The zero-order chi connectivity index (χ0) is 39.6. The van der Waals surface area contributed by atoms with E-state index < -0.39 is 12.4 Å². The first-order chi connectivity index (χ1) is 27.8. The van der Waals surface area contributed by atoms with Crippen LogP contribution in [0.5, 0.6) is 11.5 Å². The molecule has 0 spiro atoms. The Bertz CT molecular complexity index is 2170. The Hall–Kier alpha value is -5.81. The molecule has 4 N–H and O–H groups in total. The van der Waals surface area contributed by atoms with Gasteiger partial charge in [0.25, 0.3) is 0 Å². The van der Waals surface area contributed by atoms with Gasteiger partial charge in [0.1, 0.15) is 11.5 Å². The van der Waals surface area contributed by atoms with Gasteiger partial charge in [-0.2, -0.15) is 0 Å². The Balaban J connectivity index is 1.01. The molecule has 9 nitrogen and oxygen atoms in total. The number of urea groups is 1. The van der Waals surface area contributed by atoms with Crippen molar-refractivity contribution in [3.63, 3.8) is 0 Å². The maximum absolute atomic E-state index is 12.9. The third kappa shape index (κ3) is 10.3. The van der Waals surface area contributed by atoms with Crippen LogP contribution < -0.4 is 15.4 Å². The summed E-state index contributed by atoms with van der Waals surface area (Å²) in [6, 6.07) is 50.1. The third-order valence-electron chi connectivity index (χ3n) is 10.4. The number of aliphatic hydroxyl groups excluding tert-OH is 2. The van der Waals surface area contributed by atoms with Crippen LogP contribution in [0.25, 0.3) is 11.1 Å². The lowest BCUT2D eigenvalue weighted by Gasteiger charge is -2.39. The Kier molecular flexibility index (Phi) is 13.1. The number of rotatable bonds is 14. The average molecular weight is 764 g/mol. The number of hydrogen-bond donors (Lipinski definition) is 4. The lowest BCUT2D eigenvalue weighted by molar-refractivity contribution is -0.253. The second-order valence-electron chi connectivity index (χ2n) is 14.4. The van der Waals surface area contributed by atoms with E-state index in [-0.39, 0.29) is 30.9 Å². The molecule has 1 aliphatic rings. The molecule has 7 rings (SSSR count). The molecule has 5 atom stereocenters. The number of carbonyl (C=O) groups excluding carboxylic acids is 1. The summed E-state index contributed by atoms with van der Waals surface area (Å²) in [5.41, 5.74) is 7.25. The van der Waals surface area contributed by atoms with Crippen molar-refractivity contribution in [1.82, 2.24) is 10.2 Å². The molecule has 292 valence electrons. The quantitative estimate of drug-likeness (QED) is 0.0875. The van der Waals surface area contributed by atoms with E-state index in [0.29, 0.717) is 30.9 Å². The number of nitrogens with zero attached hydrogens (tertiary/aromatic N) is 1. The fraction of sp³-hybridized carbons (Fsp3) is 0.229. The Labute approximate surface area is 334 Å². The van der Waals surface area contributed by atoms with Crippen LogP contribution in [0.3, 0.4) is 0 Å². The maximum Gasteiger partial charge on any atom is 0.319 e. The minimum atomic E-state index is -0.646. The summed E-state index contributed by atoms with van der Waals surface area (Å²) in [7, 11) is 2.01. The predicted molar refractivity (Wildman–Crippen MR) is 223 cm³/mol. The van der Waals surface area contributed by atoms with Gasteiger partial charge in [-0.15, -0.1) is 0 Å². The zero-order valence-corrected chi connectivity index (χ0v) is 32.2. The fourth-order valence-corrected chi connectivity index (χ4v) is 7.05. The average Bonchev–Trinajstić information content (AvgIpc) is 3.26. The first-order valence-corrected chi connectivity index (χ1v) is 19.3. The molecule has 0 radical (unpaired) electrons. The molecule has 9 heteroatoms. The van der Waals surface area contributed by atoms with E-state index in [1.165, 1.54) is 0 Å². The van der Waals surface area contributed by atoms with E-state index in [1.807, 2.05) is 147 Å². The van der Waals surface area contributed by atoms with Crippen molar-refractivity contribution in [1.29, 1.82) is 0 Å². The predicted octanol–water partition coefficient (Wildman–Crippen LogP) is 9.56. The first-order valence-electron chi connectivity index (χ1n) is 19.3. The van der Waals surface area contributed by atoms with E-state index in [9.17, 15) is 15.0 Å². The molecule has 1 saturated heterocycles. The molecule has 0 aromatic heterocycles. The van der Waals surface area contributed by atoms with Crippen molar-refractivity contribution >= 4 is 11.7 Å². The third-order valence-corrected chi connectivity index (χ3v) is 10.4. The molecule has 0 aliphatic carbocycles. The molecule has 57 heavy (non-hydrogen) atoms. The molecule has 0 saturated carbocycles. The van der Waals surface area contributed by atoms with Crippen LogP contribution in [-0.4, -0.2) is 46.9 Å². The van der Waals surface area contributed by atoms with Crippen LogP contribution in [-0.2, 0) is 22.6 Å². The van der Waals surface area contributed by atoms with Crippen molar-refractivity contribution < 1.29 is 29.2 Å². The summed E-state index contributed by atoms with van der Waals surface area (Å²) in [4.78, 5) is 15.1. The molecule has 6 aromatic carbocycles. The molecule has 1 aliphatic heterocycles. The maximum atomic E-state index is 12.9. The number of aliphatic hydroxyl groups is 2. The van der Waals surface area contributed by atoms with E-state index in [2.05, 4.69) is 27.7 Å². The largest absolute Gasteiger partial charge is 0.457 e. The zero-order valence-electron chi connectivity index (χ0n) is 32.2. The monoisotopic (exact) mass is 763 g/mol. The van der Waals surface area contributed by atoms with Gasteiger partial charge in [-0.3, -0.25) is 4.90 Å². The van der Waals surface area contributed by atoms with Crippen molar-refractivity contribution in [2.45, 2.75) is 57.1 Å². The van der Waals surface area contributed by atoms with Crippen LogP contribution >= 0.6 is 0 Å². The van der Waals surface area contributed by atoms with Crippen LogP contribution in [0.2, 0.25) is 0 Å². The van der Waals surface area contributed by atoms with Gasteiger partial charge in [-0.25, -0.2) is 4.79 Å². The fourth-order valence-electron chi connectivity index (χ4n) is 7.05. The number of carbonyl (C=O) groups is 1. The molecular formula is C48H49N3O6. The smallest absolute Gasteiger partial charge is 0.319 e. The van der Waals surface area contributed by atoms with Gasteiger partial charge in [0.15, 0.2) is 6.29 Å². The highest BCUT2D eigenvalue weighted by atomic mass is 16.7. The highest BCUT2D eigenvalue weighted by Gasteiger charge is 2.34. The van der Waals surface area contributed by atoms with E-state index in [4.69, 9.17) is 14.2 Å². The van der Waals surface area contributed by atoms with Crippen molar-refractivity contribution in [2.75, 3.05) is 18.9 Å². The van der Waals surface area contributed by atoms with Gasteiger partial charge in [0.05, 0.1) is 24.9 Å². The molecule has 1 heterocycles. The van der Waals surface area contributed by atoms with Crippen LogP contribution in [0, 0.1) is 0 Å². The van der Waals surface area contributed by atoms with Gasteiger partial charge in [-0.05, 0) is 83.8 Å². The molecule has 2 amide bonds. The van der Waals surface area contributed by atoms with E-state index >= 15 is 0 Å². The van der Waals surface area contributed by atoms with Crippen LogP contribution in [0.1, 0.15) is 59.7 Å². The number of para-hydroxylation sites is 1. The minimum Gasteiger partial charge on any atom is -0.457 e. The molecule has 1 fully saturated rings. The Morgan fingerprint density at radius 3 is 2.11 bits per heavy atom. The van der Waals surface area contributed by atoms with Crippen LogP contribution in [0.15, 0.2) is 158 Å². The Morgan fingerprint density at radius 1 is 0.772 bits per heavy atom. The number of anilines is 1. The van der Waals surface area contributed by atoms with Gasteiger partial charge in [-0.1, -0.05) is 121 Å². The highest BCUT2D eigenvalue weighted by molar-refractivity contribution is 5.89. The standard InChI is InChI=1S/C48H49N3O6/c1-33(46(53)37-11-5-3-6-12-37)51(2)31-43-29-45(36-19-17-34(32-52)18-20-36)57-47(56-43)38-23-21-35(22-24-38)44-16-10-9-13-39(44)30-49-48(54)50-40-25-27-42(28-26-40)55-41-14-7-4-8-15-41/h3-28,33,43,45-47,52-53H,29-32H2,1-2H3,(H2,49,50,54). The molecule has 6 aromatic rings. The second kappa shape index (κ2) is 18.9. The van der Waals surface area contributed by atoms with Crippen molar-refractivity contribution in [3.8, 4) is 22.6 Å². The van der Waals surface area contributed by atoms with Crippen LogP contribution in [0.4, 0.5) is 10.5 Å². The normalized spacial score (nSPS) is 17.7. The minimum absolute atomic E-state index is 0.0220. The lowest BCUT2D eigenvalue weighted by Crippen LogP contribution is -2.43. The van der Waals surface area contributed by atoms with Gasteiger partial charge in [0.2, 0.25) is 0 Å². The lowest BCUT2D eigenvalue weighted by atomic mass is 9.97. The summed E-state index contributed by atoms with van der Waals surface area (Å²) >= 11 is 0. The van der Waals surface area contributed by atoms with Gasteiger partial charge in [0, 0.05) is 36.8 Å². The van der Waals surface area contributed by atoms with Gasteiger partial charge >= 0.3 is 6.03 Å². The van der Waals surface area contributed by atoms with E-state index in [1.54, 1.807) is 12.1 Å². The van der Waals surface area contributed by atoms with Crippen molar-refractivity contribution in [2.24, 2.45) is 0 Å². The van der Waals surface area contributed by atoms with E-state index in [0.717, 1.165) is 44.7 Å². The van der Waals surface area contributed by atoms with Crippen molar-refractivity contribution in [3.05, 3.63) is 186 Å². The molecule has 5 unspecified atom stereocenters. The number of benzene rings is 6. The summed E-state index contributed by atoms with van der Waals surface area (Å²) in [6.45, 7) is 2.93. The van der Waals surface area contributed by atoms with Gasteiger partial charge < -0.3 is 35.1 Å². The summed E-state index contributed by atoms with van der Waals surface area (Å²) in [5, 5.41) is 26.7. The summed E-state index contributed by atoms with van der Waals surface area (Å²) < 4.78 is 19.1. The highest BCUT2D eigenvalue weighted by Crippen LogP contribution is 2.39. The Morgan fingerprint density at radius 2 is 1.40 bits per heavy atom. The number of hydrogen-bond acceptors (Lipinski definition) is 7. The number of likely N-dealkylation sites (N-methyl/N-ethyl adjacent to an activating group) is 1. The first kappa shape index (κ1) is 39.4. The second-order valence-corrected chi connectivity index (χ2v) is 14.4. The molecular weight excluding hydrogens is 715 g/mol. The number of amides is 2. The molecule has 0 bridgehead atoms. The number of ether oxygens (including phenoxy) is 3.